The Morgan fingerprint density at radius 2 is 2.29 bits per heavy atom. The van der Waals surface area contributed by atoms with Crippen LogP contribution in [0.2, 0.25) is 0 Å². The molecule has 0 aromatic heterocycles. The number of nitrogens with zero attached hydrogens (tertiary/aromatic N) is 1. The highest BCUT2D eigenvalue weighted by molar-refractivity contribution is 5.87. The van der Waals surface area contributed by atoms with Gasteiger partial charge in [0.2, 0.25) is 5.91 Å². The van der Waals surface area contributed by atoms with E-state index in [9.17, 15) is 9.59 Å². The Bertz CT molecular complexity index is 352. The summed E-state index contributed by atoms with van der Waals surface area (Å²) in [5.74, 6) is 2.18. The Labute approximate surface area is 101 Å². The van der Waals surface area contributed by atoms with Crippen LogP contribution in [0.5, 0.6) is 0 Å². The van der Waals surface area contributed by atoms with E-state index in [0.29, 0.717) is 13.1 Å². The van der Waals surface area contributed by atoms with Gasteiger partial charge in [-0.1, -0.05) is 0 Å². The van der Waals surface area contributed by atoms with Crippen LogP contribution < -0.4 is 5.32 Å². The molecule has 0 aromatic carbocycles. The molecule has 94 valence electrons. The molecular formula is C12H18N2O3. The van der Waals surface area contributed by atoms with Crippen LogP contribution in [0.3, 0.4) is 0 Å². The minimum Gasteiger partial charge on any atom is -0.444 e. The summed E-state index contributed by atoms with van der Waals surface area (Å²) in [6.45, 7) is 6.20. The van der Waals surface area contributed by atoms with Gasteiger partial charge in [0.05, 0.1) is 0 Å². The molecule has 1 heterocycles. The summed E-state index contributed by atoms with van der Waals surface area (Å²) in [5, 5.41) is 2.68. The van der Waals surface area contributed by atoms with Crippen LogP contribution in [-0.2, 0) is 9.53 Å². The molecule has 0 saturated carbocycles. The molecule has 1 unspecified atom stereocenters. The SMILES string of the molecule is C#CCC1C(=O)NCCN1C(=O)OC(C)(C)C. The summed E-state index contributed by atoms with van der Waals surface area (Å²) in [6, 6.07) is -0.622. The number of hydrogen-bond donors (Lipinski definition) is 1. The lowest BCUT2D eigenvalue weighted by molar-refractivity contribution is -0.128. The molecule has 1 aliphatic heterocycles. The van der Waals surface area contributed by atoms with E-state index in [1.54, 1.807) is 20.8 Å². The Morgan fingerprint density at radius 3 is 2.82 bits per heavy atom. The van der Waals surface area contributed by atoms with Gasteiger partial charge in [-0.15, -0.1) is 12.3 Å². The topological polar surface area (TPSA) is 58.6 Å². The second kappa shape index (κ2) is 5.09. The Morgan fingerprint density at radius 1 is 1.65 bits per heavy atom. The van der Waals surface area contributed by atoms with Crippen molar-refractivity contribution in [1.29, 1.82) is 0 Å². The van der Waals surface area contributed by atoms with Crippen molar-refractivity contribution >= 4 is 12.0 Å². The van der Waals surface area contributed by atoms with Crippen LogP contribution in [0.15, 0.2) is 0 Å². The average Bonchev–Trinajstić information content (AvgIpc) is 2.18. The van der Waals surface area contributed by atoms with Crippen LogP contribution in [0.1, 0.15) is 27.2 Å². The fraction of sp³-hybridized carbons (Fsp3) is 0.667. The molecule has 1 fully saturated rings. The smallest absolute Gasteiger partial charge is 0.411 e. The van der Waals surface area contributed by atoms with Crippen molar-refractivity contribution in [3.8, 4) is 12.3 Å². The van der Waals surface area contributed by atoms with Crippen LogP contribution in [-0.4, -0.2) is 41.6 Å². The lowest BCUT2D eigenvalue weighted by Crippen LogP contribution is -2.57. The molecule has 0 spiro atoms. The largest absolute Gasteiger partial charge is 0.444 e. The van der Waals surface area contributed by atoms with E-state index in [4.69, 9.17) is 11.2 Å². The van der Waals surface area contributed by atoms with Gasteiger partial charge in [-0.05, 0) is 20.8 Å². The normalized spacial score (nSPS) is 20.5. The maximum absolute atomic E-state index is 11.9. The monoisotopic (exact) mass is 238 g/mol. The molecule has 1 saturated heterocycles. The van der Waals surface area contributed by atoms with Crippen molar-refractivity contribution in [2.75, 3.05) is 13.1 Å². The summed E-state index contributed by atoms with van der Waals surface area (Å²) >= 11 is 0. The molecule has 1 atom stereocenters. The fourth-order valence-corrected chi connectivity index (χ4v) is 1.57. The van der Waals surface area contributed by atoms with Crippen LogP contribution in [0.4, 0.5) is 4.79 Å². The number of amides is 2. The third-order valence-electron chi connectivity index (χ3n) is 2.27. The molecular weight excluding hydrogens is 220 g/mol. The summed E-state index contributed by atoms with van der Waals surface area (Å²) in [7, 11) is 0. The number of nitrogens with one attached hydrogen (secondary N) is 1. The van der Waals surface area contributed by atoms with Gasteiger partial charge in [-0.3, -0.25) is 9.69 Å². The lowest BCUT2D eigenvalue weighted by atomic mass is 10.1. The molecule has 0 aromatic rings. The van der Waals surface area contributed by atoms with Crippen molar-refractivity contribution in [1.82, 2.24) is 10.2 Å². The highest BCUT2D eigenvalue weighted by atomic mass is 16.6. The highest BCUT2D eigenvalue weighted by Crippen LogP contribution is 2.15. The number of ether oxygens (including phenoxy) is 1. The zero-order chi connectivity index (χ0) is 13.1. The van der Waals surface area contributed by atoms with Crippen molar-refractivity contribution in [2.45, 2.75) is 38.8 Å². The minimum absolute atomic E-state index is 0.199. The maximum atomic E-state index is 11.9. The molecule has 1 aliphatic rings. The second-order valence-electron chi connectivity index (χ2n) is 4.89. The number of carbonyl (C=O) groups excluding carboxylic acids is 2. The first kappa shape index (κ1) is 13.4. The molecule has 2 amide bonds. The molecule has 1 N–H and O–H groups in total. The van der Waals surface area contributed by atoms with E-state index in [2.05, 4.69) is 11.2 Å². The summed E-state index contributed by atoms with van der Waals surface area (Å²) < 4.78 is 5.24. The number of piperazine rings is 1. The van der Waals surface area contributed by atoms with E-state index in [1.807, 2.05) is 0 Å². The number of rotatable bonds is 1. The molecule has 17 heavy (non-hydrogen) atoms. The van der Waals surface area contributed by atoms with Gasteiger partial charge < -0.3 is 10.1 Å². The van der Waals surface area contributed by atoms with Crippen molar-refractivity contribution in [3.63, 3.8) is 0 Å². The quantitative estimate of drug-likeness (QED) is 0.686. The van der Waals surface area contributed by atoms with Crippen molar-refractivity contribution < 1.29 is 14.3 Å². The molecule has 5 nitrogen and oxygen atoms in total. The Kier molecular flexibility index (Phi) is 4.00. The van der Waals surface area contributed by atoms with Gasteiger partial charge >= 0.3 is 6.09 Å². The number of hydrogen-bond acceptors (Lipinski definition) is 3. The van der Waals surface area contributed by atoms with Gasteiger partial charge in [-0.25, -0.2) is 4.79 Å². The first-order valence-corrected chi connectivity index (χ1v) is 5.56. The van der Waals surface area contributed by atoms with Gasteiger partial charge in [-0.2, -0.15) is 0 Å². The first-order valence-electron chi connectivity index (χ1n) is 5.56. The fourth-order valence-electron chi connectivity index (χ4n) is 1.57. The number of terminal acetylenes is 1. The number of carbonyl (C=O) groups is 2. The Balaban J connectivity index is 2.75. The minimum atomic E-state index is -0.622. The van der Waals surface area contributed by atoms with Crippen molar-refractivity contribution in [3.05, 3.63) is 0 Å². The van der Waals surface area contributed by atoms with E-state index in [1.165, 1.54) is 4.90 Å². The first-order chi connectivity index (χ1) is 7.85. The predicted octanol–water partition coefficient (Wildman–Crippen LogP) is 0.745. The lowest BCUT2D eigenvalue weighted by Gasteiger charge is -2.35. The third-order valence-corrected chi connectivity index (χ3v) is 2.27. The van der Waals surface area contributed by atoms with E-state index < -0.39 is 17.7 Å². The zero-order valence-electron chi connectivity index (χ0n) is 10.4. The summed E-state index contributed by atoms with van der Waals surface area (Å²) in [4.78, 5) is 24.9. The van der Waals surface area contributed by atoms with Gasteiger partial charge in [0, 0.05) is 19.5 Å². The predicted molar refractivity (Wildman–Crippen MR) is 63.2 cm³/mol. The molecule has 0 radical (unpaired) electrons. The zero-order valence-corrected chi connectivity index (χ0v) is 10.4. The van der Waals surface area contributed by atoms with Gasteiger partial charge in [0.25, 0.3) is 0 Å². The van der Waals surface area contributed by atoms with Crippen molar-refractivity contribution in [2.24, 2.45) is 0 Å². The third kappa shape index (κ3) is 3.66. The average molecular weight is 238 g/mol. The molecule has 0 aliphatic carbocycles. The molecule has 1 rings (SSSR count). The van der Waals surface area contributed by atoms with E-state index in [0.717, 1.165) is 0 Å². The summed E-state index contributed by atoms with van der Waals surface area (Å²) in [5.41, 5.74) is -0.578. The Hall–Kier alpha value is -1.70. The van der Waals surface area contributed by atoms with Crippen LogP contribution in [0.25, 0.3) is 0 Å². The maximum Gasteiger partial charge on any atom is 0.411 e. The van der Waals surface area contributed by atoms with E-state index in [-0.39, 0.29) is 12.3 Å². The van der Waals surface area contributed by atoms with Crippen LogP contribution in [0, 0.1) is 12.3 Å². The van der Waals surface area contributed by atoms with E-state index >= 15 is 0 Å². The summed E-state index contributed by atoms with van der Waals surface area (Å²) in [6.07, 6.45) is 4.91. The van der Waals surface area contributed by atoms with Gasteiger partial charge in [0.15, 0.2) is 0 Å². The standard InChI is InChI=1S/C12H18N2O3/c1-5-6-9-10(15)13-7-8-14(9)11(16)17-12(2,3)4/h1,9H,6-8H2,2-4H3,(H,13,15). The van der Waals surface area contributed by atoms with Crippen LogP contribution >= 0.6 is 0 Å². The molecule has 5 heteroatoms. The molecule has 0 bridgehead atoms. The second-order valence-corrected chi connectivity index (χ2v) is 4.89. The van der Waals surface area contributed by atoms with Gasteiger partial charge in [0.1, 0.15) is 11.6 Å². The highest BCUT2D eigenvalue weighted by Gasteiger charge is 2.34.